The summed E-state index contributed by atoms with van der Waals surface area (Å²) in [6.07, 6.45) is -4.57. The third-order valence-corrected chi connectivity index (χ3v) is 5.71. The van der Waals surface area contributed by atoms with Crippen molar-refractivity contribution in [1.29, 1.82) is 0 Å². The van der Waals surface area contributed by atoms with E-state index in [2.05, 4.69) is 15.5 Å². The SMILES string of the molecule is CCn1c(COc2cc(Cl)ccc2Cl)nnc1SCC(=O)Nc1ccccc1C(F)(F)F. The molecule has 1 amide bonds. The van der Waals surface area contributed by atoms with Crippen molar-refractivity contribution in [3.05, 3.63) is 63.9 Å². The molecule has 3 aromatic rings. The Kier molecular flexibility index (Phi) is 7.91. The topological polar surface area (TPSA) is 69.0 Å². The van der Waals surface area contributed by atoms with Crippen molar-refractivity contribution in [2.24, 2.45) is 0 Å². The van der Waals surface area contributed by atoms with Gasteiger partial charge in [-0.2, -0.15) is 13.2 Å². The van der Waals surface area contributed by atoms with Crippen LogP contribution in [0.25, 0.3) is 0 Å². The van der Waals surface area contributed by atoms with Gasteiger partial charge in [0.05, 0.1) is 22.0 Å². The smallest absolute Gasteiger partial charge is 0.418 e. The van der Waals surface area contributed by atoms with E-state index in [1.54, 1.807) is 22.8 Å². The normalized spacial score (nSPS) is 11.4. The third kappa shape index (κ3) is 6.08. The first-order chi connectivity index (χ1) is 15.2. The molecule has 0 saturated heterocycles. The van der Waals surface area contributed by atoms with E-state index in [4.69, 9.17) is 27.9 Å². The fourth-order valence-corrected chi connectivity index (χ4v) is 3.89. The first-order valence-electron chi connectivity index (χ1n) is 9.27. The van der Waals surface area contributed by atoms with Crippen LogP contribution in [-0.2, 0) is 24.1 Å². The number of halogens is 5. The van der Waals surface area contributed by atoms with Crippen LogP contribution in [-0.4, -0.2) is 26.4 Å². The number of anilines is 1. The molecule has 0 unspecified atom stereocenters. The maximum absolute atomic E-state index is 13.1. The molecule has 0 spiro atoms. The molecule has 3 rings (SSSR count). The molecular weight excluding hydrogens is 488 g/mol. The quantitative estimate of drug-likeness (QED) is 0.384. The number of hydrogen-bond acceptors (Lipinski definition) is 5. The van der Waals surface area contributed by atoms with Crippen molar-refractivity contribution in [1.82, 2.24) is 14.8 Å². The highest BCUT2D eigenvalue weighted by atomic mass is 35.5. The van der Waals surface area contributed by atoms with Gasteiger partial charge in [-0.15, -0.1) is 10.2 Å². The number of para-hydroxylation sites is 1. The predicted molar refractivity (Wildman–Crippen MR) is 117 cm³/mol. The molecule has 0 aliphatic carbocycles. The predicted octanol–water partition coefficient (Wildman–Crippen LogP) is 5.93. The minimum absolute atomic E-state index is 0.0621. The van der Waals surface area contributed by atoms with Crippen LogP contribution < -0.4 is 10.1 Å². The number of amides is 1. The third-order valence-electron chi connectivity index (χ3n) is 4.20. The van der Waals surface area contributed by atoms with Crippen LogP contribution in [0.5, 0.6) is 5.75 Å². The van der Waals surface area contributed by atoms with Crippen LogP contribution in [0.3, 0.4) is 0 Å². The van der Waals surface area contributed by atoms with Crippen molar-refractivity contribution in [3.63, 3.8) is 0 Å². The van der Waals surface area contributed by atoms with Crippen LogP contribution in [0.15, 0.2) is 47.6 Å². The molecule has 0 bridgehead atoms. The van der Waals surface area contributed by atoms with E-state index in [0.29, 0.717) is 33.3 Å². The Balaban J connectivity index is 1.63. The lowest BCUT2D eigenvalue weighted by molar-refractivity contribution is -0.137. The lowest BCUT2D eigenvalue weighted by atomic mass is 10.1. The van der Waals surface area contributed by atoms with Gasteiger partial charge in [-0.25, -0.2) is 0 Å². The number of nitrogens with zero attached hydrogens (tertiary/aromatic N) is 3. The van der Waals surface area contributed by atoms with Gasteiger partial charge in [0.15, 0.2) is 11.0 Å². The monoisotopic (exact) mass is 504 g/mol. The van der Waals surface area contributed by atoms with Crippen molar-refractivity contribution in [3.8, 4) is 5.75 Å². The lowest BCUT2D eigenvalue weighted by Crippen LogP contribution is -2.18. The molecule has 6 nitrogen and oxygen atoms in total. The van der Waals surface area contributed by atoms with E-state index < -0.39 is 17.6 Å². The summed E-state index contributed by atoms with van der Waals surface area (Å²) in [5.74, 6) is 0.141. The highest BCUT2D eigenvalue weighted by Crippen LogP contribution is 2.34. The molecule has 0 fully saturated rings. The lowest BCUT2D eigenvalue weighted by Gasteiger charge is -2.13. The standard InChI is InChI=1S/C20H17Cl2F3N4O2S/c1-2-29-17(10-31-16-9-12(21)7-8-14(16)22)27-28-19(29)32-11-18(30)26-15-6-4-3-5-13(15)20(23,24)25/h3-9H,2,10-11H2,1H3,(H,26,30). The summed E-state index contributed by atoms with van der Waals surface area (Å²) in [7, 11) is 0. The zero-order valence-corrected chi connectivity index (χ0v) is 18.9. The van der Waals surface area contributed by atoms with E-state index in [1.165, 1.54) is 18.2 Å². The molecular formula is C20H17Cl2F3N4O2S. The van der Waals surface area contributed by atoms with Gasteiger partial charge in [0.25, 0.3) is 0 Å². The summed E-state index contributed by atoms with van der Waals surface area (Å²) in [4.78, 5) is 12.2. The summed E-state index contributed by atoms with van der Waals surface area (Å²) in [6, 6.07) is 9.63. The van der Waals surface area contributed by atoms with E-state index in [1.807, 2.05) is 6.92 Å². The Hall–Kier alpha value is -2.43. The van der Waals surface area contributed by atoms with Crippen LogP contribution in [0.4, 0.5) is 18.9 Å². The second-order valence-corrected chi connectivity index (χ2v) is 8.17. The van der Waals surface area contributed by atoms with Crippen LogP contribution in [0.1, 0.15) is 18.3 Å². The van der Waals surface area contributed by atoms with Gasteiger partial charge in [0.1, 0.15) is 12.4 Å². The second-order valence-electron chi connectivity index (χ2n) is 6.39. The zero-order chi connectivity index (χ0) is 23.3. The Morgan fingerprint density at radius 2 is 1.94 bits per heavy atom. The first kappa shape index (κ1) is 24.2. The number of benzene rings is 2. The van der Waals surface area contributed by atoms with Gasteiger partial charge < -0.3 is 14.6 Å². The number of carbonyl (C=O) groups is 1. The molecule has 170 valence electrons. The number of aromatic nitrogens is 3. The number of thioether (sulfide) groups is 1. The molecule has 1 aromatic heterocycles. The Labute approximate surface area is 196 Å². The molecule has 2 aromatic carbocycles. The highest BCUT2D eigenvalue weighted by Gasteiger charge is 2.33. The fraction of sp³-hybridized carbons (Fsp3) is 0.250. The number of ether oxygens (including phenoxy) is 1. The van der Waals surface area contributed by atoms with E-state index >= 15 is 0 Å². The van der Waals surface area contributed by atoms with Crippen LogP contribution >= 0.6 is 35.0 Å². The number of alkyl halides is 3. The highest BCUT2D eigenvalue weighted by molar-refractivity contribution is 7.99. The Bertz CT molecular complexity index is 1110. The minimum atomic E-state index is -4.57. The van der Waals surface area contributed by atoms with Crippen molar-refractivity contribution in [2.75, 3.05) is 11.1 Å². The Morgan fingerprint density at radius 1 is 1.19 bits per heavy atom. The first-order valence-corrected chi connectivity index (χ1v) is 11.0. The van der Waals surface area contributed by atoms with Gasteiger partial charge in [-0.3, -0.25) is 4.79 Å². The van der Waals surface area contributed by atoms with Gasteiger partial charge in [0, 0.05) is 17.6 Å². The molecule has 0 radical (unpaired) electrons. The van der Waals surface area contributed by atoms with E-state index in [9.17, 15) is 18.0 Å². The summed E-state index contributed by atoms with van der Waals surface area (Å²) < 4.78 is 46.7. The number of nitrogens with one attached hydrogen (secondary N) is 1. The average Bonchev–Trinajstić information content (AvgIpc) is 3.14. The maximum atomic E-state index is 13.1. The molecule has 12 heteroatoms. The number of hydrogen-bond donors (Lipinski definition) is 1. The largest absolute Gasteiger partial charge is 0.484 e. The maximum Gasteiger partial charge on any atom is 0.418 e. The molecule has 0 atom stereocenters. The fourth-order valence-electron chi connectivity index (χ4n) is 2.74. The van der Waals surface area contributed by atoms with E-state index in [-0.39, 0.29) is 18.0 Å². The molecule has 0 saturated carbocycles. The summed E-state index contributed by atoms with van der Waals surface area (Å²) in [6.45, 7) is 2.42. The molecule has 1 heterocycles. The minimum Gasteiger partial charge on any atom is -0.484 e. The van der Waals surface area contributed by atoms with Crippen molar-refractivity contribution < 1.29 is 22.7 Å². The average molecular weight is 505 g/mol. The van der Waals surface area contributed by atoms with Gasteiger partial charge in [-0.05, 0) is 31.2 Å². The van der Waals surface area contributed by atoms with Crippen LogP contribution in [0, 0.1) is 0 Å². The molecule has 0 aliphatic heterocycles. The number of rotatable bonds is 8. The molecule has 0 aliphatic rings. The van der Waals surface area contributed by atoms with Crippen molar-refractivity contribution in [2.45, 2.75) is 31.4 Å². The molecule has 32 heavy (non-hydrogen) atoms. The Morgan fingerprint density at radius 3 is 2.66 bits per heavy atom. The molecule has 1 N–H and O–H groups in total. The van der Waals surface area contributed by atoms with E-state index in [0.717, 1.165) is 17.8 Å². The van der Waals surface area contributed by atoms with Crippen molar-refractivity contribution >= 4 is 46.6 Å². The van der Waals surface area contributed by atoms with Gasteiger partial charge in [-0.1, -0.05) is 47.1 Å². The van der Waals surface area contributed by atoms with Gasteiger partial charge >= 0.3 is 6.18 Å². The summed E-state index contributed by atoms with van der Waals surface area (Å²) in [5, 5.41) is 11.7. The summed E-state index contributed by atoms with van der Waals surface area (Å²) >= 11 is 13.1. The zero-order valence-electron chi connectivity index (χ0n) is 16.6. The summed E-state index contributed by atoms with van der Waals surface area (Å²) in [5.41, 5.74) is -1.20. The van der Waals surface area contributed by atoms with Crippen LogP contribution in [0.2, 0.25) is 10.0 Å². The number of carbonyl (C=O) groups excluding carboxylic acids is 1. The second kappa shape index (κ2) is 10.5. The van der Waals surface area contributed by atoms with Gasteiger partial charge in [0.2, 0.25) is 5.91 Å².